The van der Waals surface area contributed by atoms with Crippen molar-refractivity contribution in [2.24, 2.45) is 0 Å². The van der Waals surface area contributed by atoms with Gasteiger partial charge in [0.15, 0.2) is 6.29 Å². The molecule has 0 N–H and O–H groups in total. The highest BCUT2D eigenvalue weighted by Gasteiger charge is 2.12. The van der Waals surface area contributed by atoms with Gasteiger partial charge in [-0.05, 0) is 37.0 Å². The van der Waals surface area contributed by atoms with E-state index in [0.717, 1.165) is 11.3 Å². The molecule has 5 heteroatoms. The van der Waals surface area contributed by atoms with Crippen molar-refractivity contribution in [1.29, 1.82) is 0 Å². The molecule has 1 aliphatic heterocycles. The molecule has 1 heterocycles. The summed E-state index contributed by atoms with van der Waals surface area (Å²) in [6, 6.07) is 8.04. The van der Waals surface area contributed by atoms with Gasteiger partial charge < -0.3 is 19.1 Å². The predicted octanol–water partition coefficient (Wildman–Crippen LogP) is 3.95. The molecule has 23 heavy (non-hydrogen) atoms. The fourth-order valence-corrected chi connectivity index (χ4v) is 2.98. The molecule has 1 aromatic rings. The first kappa shape index (κ1) is 17.9. The second-order valence-corrected chi connectivity index (χ2v) is 6.08. The van der Waals surface area contributed by atoms with Crippen LogP contribution in [-0.2, 0) is 9.47 Å². The molecule has 126 valence electrons. The quantitative estimate of drug-likeness (QED) is 0.638. The molecule has 0 radical (unpaired) electrons. The van der Waals surface area contributed by atoms with Gasteiger partial charge in [-0.15, -0.1) is 11.8 Å². The van der Waals surface area contributed by atoms with Crippen LogP contribution in [0.5, 0.6) is 5.75 Å². The van der Waals surface area contributed by atoms with Gasteiger partial charge in [-0.2, -0.15) is 0 Å². The third-order valence-corrected chi connectivity index (χ3v) is 4.39. The lowest BCUT2D eigenvalue weighted by atomic mass is 10.2. The van der Waals surface area contributed by atoms with E-state index in [0.29, 0.717) is 25.2 Å². The minimum absolute atomic E-state index is 0.313. The first-order valence-electron chi connectivity index (χ1n) is 7.91. The normalized spacial score (nSPS) is 17.6. The molecule has 2 rings (SSSR count). The number of benzene rings is 1. The van der Waals surface area contributed by atoms with Gasteiger partial charge in [0.25, 0.3) is 0 Å². The number of hydrogen-bond acceptors (Lipinski definition) is 5. The third kappa shape index (κ3) is 5.94. The number of nitrogens with zero attached hydrogens (tertiary/aromatic N) is 1. The molecule has 0 fully saturated rings. The molecule has 0 spiro atoms. The molecule has 4 nitrogen and oxygen atoms in total. The third-order valence-electron chi connectivity index (χ3n) is 3.34. The molecule has 0 saturated carbocycles. The Balaban J connectivity index is 1.83. The number of ether oxygens (including phenoxy) is 3. The van der Waals surface area contributed by atoms with E-state index < -0.39 is 0 Å². The summed E-state index contributed by atoms with van der Waals surface area (Å²) in [6.45, 7) is 5.51. The average Bonchev–Trinajstić information content (AvgIpc) is 2.97. The average molecular weight is 335 g/mol. The second-order valence-electron chi connectivity index (χ2n) is 5.06. The number of rotatable bonds is 9. The maximum atomic E-state index is 5.73. The molecule has 0 aliphatic carbocycles. The second kappa shape index (κ2) is 9.65. The van der Waals surface area contributed by atoms with Crippen LogP contribution in [0.3, 0.4) is 0 Å². The van der Waals surface area contributed by atoms with Crippen molar-refractivity contribution in [2.75, 3.05) is 26.9 Å². The summed E-state index contributed by atoms with van der Waals surface area (Å²) in [6.07, 6.45) is 6.10. The number of thioether (sulfide) groups is 1. The van der Waals surface area contributed by atoms with Crippen LogP contribution in [-0.4, -0.2) is 43.4 Å². The van der Waals surface area contributed by atoms with Crippen LogP contribution in [0.2, 0.25) is 0 Å². The van der Waals surface area contributed by atoms with Crippen LogP contribution in [0.1, 0.15) is 19.4 Å². The van der Waals surface area contributed by atoms with Gasteiger partial charge in [0.2, 0.25) is 0 Å². The number of likely N-dealkylation sites (N-methyl/N-ethyl adjacent to an activating group) is 1. The van der Waals surface area contributed by atoms with Crippen molar-refractivity contribution in [3.05, 3.63) is 47.5 Å². The Morgan fingerprint density at radius 2 is 1.87 bits per heavy atom. The van der Waals surface area contributed by atoms with Gasteiger partial charge >= 0.3 is 0 Å². The highest BCUT2D eigenvalue weighted by Crippen LogP contribution is 2.25. The zero-order valence-electron chi connectivity index (χ0n) is 14.0. The van der Waals surface area contributed by atoms with Crippen LogP contribution in [0, 0.1) is 0 Å². The van der Waals surface area contributed by atoms with Gasteiger partial charge in [0.1, 0.15) is 12.4 Å². The smallest absolute Gasteiger partial charge is 0.191 e. The Morgan fingerprint density at radius 3 is 2.43 bits per heavy atom. The summed E-state index contributed by atoms with van der Waals surface area (Å²) in [5.41, 5.74) is 1.16. The van der Waals surface area contributed by atoms with Gasteiger partial charge in [0, 0.05) is 26.5 Å². The van der Waals surface area contributed by atoms with Crippen molar-refractivity contribution in [2.45, 2.75) is 25.5 Å². The van der Waals surface area contributed by atoms with E-state index in [4.69, 9.17) is 14.2 Å². The summed E-state index contributed by atoms with van der Waals surface area (Å²) in [7, 11) is 2.08. The Hall–Kier alpha value is -1.43. The van der Waals surface area contributed by atoms with Crippen LogP contribution >= 0.6 is 11.8 Å². The lowest BCUT2D eigenvalue weighted by molar-refractivity contribution is -0.152. The van der Waals surface area contributed by atoms with Crippen molar-refractivity contribution < 1.29 is 14.2 Å². The molecule has 0 saturated heterocycles. The van der Waals surface area contributed by atoms with Gasteiger partial charge in [0.05, 0.1) is 5.37 Å². The summed E-state index contributed by atoms with van der Waals surface area (Å²) >= 11 is 1.80. The topological polar surface area (TPSA) is 30.9 Å². The summed E-state index contributed by atoms with van der Waals surface area (Å²) in [5.74, 6) is 0.820. The molecule has 0 bridgehead atoms. The maximum Gasteiger partial charge on any atom is 0.191 e. The molecule has 1 aliphatic rings. The van der Waals surface area contributed by atoms with E-state index >= 15 is 0 Å². The largest absolute Gasteiger partial charge is 0.488 e. The van der Waals surface area contributed by atoms with E-state index in [-0.39, 0.29) is 6.29 Å². The predicted molar refractivity (Wildman–Crippen MR) is 96.3 cm³/mol. The Bertz CT molecular complexity index is 510. The summed E-state index contributed by atoms with van der Waals surface area (Å²) < 4.78 is 16.7. The standard InChI is InChI=1S/C18H25NO3S/c1-4-20-18(21-5-2)14-22-16-9-6-15(7-10-16)8-11-17-19(3)12-13-23-17/h6-13,17-18H,4-5,14H2,1-3H3. The molecule has 1 atom stereocenters. The number of hydrogen-bond donors (Lipinski definition) is 0. The first-order chi connectivity index (χ1) is 11.2. The summed E-state index contributed by atoms with van der Waals surface area (Å²) in [5, 5.41) is 2.49. The Labute approximate surface area is 143 Å². The van der Waals surface area contributed by atoms with Gasteiger partial charge in [-0.25, -0.2) is 0 Å². The van der Waals surface area contributed by atoms with Crippen LogP contribution in [0.4, 0.5) is 0 Å². The van der Waals surface area contributed by atoms with Crippen molar-refractivity contribution in [3.63, 3.8) is 0 Å². The zero-order valence-corrected chi connectivity index (χ0v) is 14.8. The fraction of sp³-hybridized carbons (Fsp3) is 0.444. The molecular formula is C18H25NO3S. The molecule has 0 amide bonds. The lowest BCUT2D eigenvalue weighted by Gasteiger charge is -2.17. The van der Waals surface area contributed by atoms with E-state index in [1.165, 1.54) is 0 Å². The lowest BCUT2D eigenvalue weighted by Crippen LogP contribution is -2.25. The molecule has 1 unspecified atom stereocenters. The van der Waals surface area contributed by atoms with Crippen LogP contribution < -0.4 is 4.74 Å². The fourth-order valence-electron chi connectivity index (χ4n) is 2.12. The van der Waals surface area contributed by atoms with E-state index in [1.54, 1.807) is 11.8 Å². The Kier molecular flexibility index (Phi) is 7.52. The minimum atomic E-state index is -0.313. The Morgan fingerprint density at radius 1 is 1.17 bits per heavy atom. The van der Waals surface area contributed by atoms with Crippen LogP contribution in [0.15, 0.2) is 41.9 Å². The molecule has 1 aromatic carbocycles. The van der Waals surface area contributed by atoms with E-state index in [9.17, 15) is 0 Å². The first-order valence-corrected chi connectivity index (χ1v) is 8.85. The molecular weight excluding hydrogens is 310 g/mol. The van der Waals surface area contributed by atoms with Gasteiger partial charge in [-0.1, -0.05) is 24.3 Å². The van der Waals surface area contributed by atoms with Crippen molar-refractivity contribution in [3.8, 4) is 5.75 Å². The van der Waals surface area contributed by atoms with Crippen LogP contribution in [0.25, 0.3) is 6.08 Å². The van der Waals surface area contributed by atoms with Crippen molar-refractivity contribution in [1.82, 2.24) is 4.90 Å². The molecule has 0 aromatic heterocycles. The van der Waals surface area contributed by atoms with E-state index in [1.807, 2.05) is 26.0 Å². The van der Waals surface area contributed by atoms with Gasteiger partial charge in [-0.3, -0.25) is 0 Å². The maximum absolute atomic E-state index is 5.73. The zero-order chi connectivity index (χ0) is 16.5. The monoisotopic (exact) mass is 335 g/mol. The highest BCUT2D eigenvalue weighted by atomic mass is 32.2. The highest BCUT2D eigenvalue weighted by molar-refractivity contribution is 8.03. The van der Waals surface area contributed by atoms with Crippen molar-refractivity contribution >= 4 is 17.8 Å². The van der Waals surface area contributed by atoms with E-state index in [2.05, 4.69) is 47.8 Å². The SMILES string of the molecule is CCOC(COc1ccc(C=CC2SC=CN2C)cc1)OCC. The summed E-state index contributed by atoms with van der Waals surface area (Å²) in [4.78, 5) is 2.18. The minimum Gasteiger partial charge on any atom is -0.488 e.